The molecule has 0 spiro atoms. The molecule has 23 heavy (non-hydrogen) atoms. The van der Waals surface area contributed by atoms with Gasteiger partial charge in [0.2, 0.25) is 0 Å². The number of nitrogens with one attached hydrogen (secondary N) is 1. The van der Waals surface area contributed by atoms with E-state index in [1.54, 1.807) is 0 Å². The molecule has 0 unspecified atom stereocenters. The molecule has 6 heteroatoms. The molecule has 2 aromatic carbocycles. The molecule has 4 nitrogen and oxygen atoms in total. The van der Waals surface area contributed by atoms with Crippen molar-refractivity contribution in [2.75, 3.05) is 5.73 Å². The highest BCUT2D eigenvalue weighted by molar-refractivity contribution is 7.73. The topological polar surface area (TPSA) is 59.6 Å². The number of H-pyrrole nitrogens is 1. The number of benzene rings is 2. The van der Waals surface area contributed by atoms with Gasteiger partial charge in [0.1, 0.15) is 10.7 Å². The third-order valence-corrected chi connectivity index (χ3v) is 5.11. The van der Waals surface area contributed by atoms with E-state index >= 15 is 0 Å². The van der Waals surface area contributed by atoms with E-state index in [2.05, 4.69) is 23.0 Å². The van der Waals surface area contributed by atoms with Gasteiger partial charge >= 0.3 is 0 Å². The van der Waals surface area contributed by atoms with E-state index in [1.165, 1.54) is 16.9 Å². The van der Waals surface area contributed by atoms with Gasteiger partial charge in [-0.15, -0.1) is 0 Å². The van der Waals surface area contributed by atoms with E-state index < -0.39 is 0 Å². The number of nitrogens with zero attached hydrogens (tertiary/aromatic N) is 2. The highest BCUT2D eigenvalue weighted by atomic mass is 32.1. The first-order valence-electron chi connectivity index (χ1n) is 7.17. The van der Waals surface area contributed by atoms with E-state index in [0.717, 1.165) is 27.4 Å². The van der Waals surface area contributed by atoms with Gasteiger partial charge in [-0.25, -0.2) is 4.98 Å². The second kappa shape index (κ2) is 5.33. The van der Waals surface area contributed by atoms with Crippen molar-refractivity contribution in [2.24, 2.45) is 0 Å². The van der Waals surface area contributed by atoms with Gasteiger partial charge in [-0.2, -0.15) is 0 Å². The third-order valence-electron chi connectivity index (χ3n) is 3.71. The number of para-hydroxylation sites is 1. The summed E-state index contributed by atoms with van der Waals surface area (Å²) >= 11 is 6.97. The summed E-state index contributed by atoms with van der Waals surface area (Å²) in [6, 6.07) is 16.0. The first kappa shape index (κ1) is 14.2. The smallest absolute Gasteiger partial charge is 0.168 e. The van der Waals surface area contributed by atoms with Crippen molar-refractivity contribution < 1.29 is 0 Å². The predicted octanol–water partition coefficient (Wildman–Crippen LogP) is 4.70. The summed E-state index contributed by atoms with van der Waals surface area (Å²) in [6.45, 7) is 2.06. The number of aryl methyl sites for hydroxylation is 1. The Kier molecular flexibility index (Phi) is 3.28. The molecule has 3 N–H and O–H groups in total. The van der Waals surface area contributed by atoms with Crippen LogP contribution in [0.25, 0.3) is 27.4 Å². The molecule has 0 aliphatic rings. The number of anilines is 1. The number of aromatic amines is 1. The molecule has 4 aromatic rings. The zero-order chi connectivity index (χ0) is 16.0. The predicted molar refractivity (Wildman–Crippen MR) is 98.7 cm³/mol. The van der Waals surface area contributed by atoms with Crippen LogP contribution in [0.1, 0.15) is 5.56 Å². The molecule has 0 fully saturated rings. The van der Waals surface area contributed by atoms with E-state index in [1.807, 2.05) is 47.0 Å². The molecule has 4 rings (SSSR count). The van der Waals surface area contributed by atoms with Gasteiger partial charge in [0.05, 0.1) is 11.0 Å². The minimum absolute atomic E-state index is 0.613. The van der Waals surface area contributed by atoms with Gasteiger partial charge in [0, 0.05) is 5.69 Å². The first-order valence-corrected chi connectivity index (χ1v) is 8.39. The Balaban J connectivity index is 1.91. The van der Waals surface area contributed by atoms with Crippen LogP contribution in [0.2, 0.25) is 0 Å². The van der Waals surface area contributed by atoms with Gasteiger partial charge in [-0.05, 0) is 49.0 Å². The lowest BCUT2D eigenvalue weighted by Crippen LogP contribution is -2.00. The maximum Gasteiger partial charge on any atom is 0.168 e. The van der Waals surface area contributed by atoms with Crippen LogP contribution in [0.5, 0.6) is 0 Å². The van der Waals surface area contributed by atoms with Crippen LogP contribution in [0, 0.1) is 10.9 Å². The van der Waals surface area contributed by atoms with Crippen LogP contribution in [-0.4, -0.2) is 14.5 Å². The summed E-state index contributed by atoms with van der Waals surface area (Å²) in [5, 5.41) is 0. The van der Waals surface area contributed by atoms with E-state index in [0.29, 0.717) is 9.77 Å². The average Bonchev–Trinajstić information content (AvgIpc) is 3.08. The fraction of sp³-hybridized carbons (Fsp3) is 0.0588. The van der Waals surface area contributed by atoms with Gasteiger partial charge < -0.3 is 10.7 Å². The Bertz CT molecular complexity index is 1060. The molecule has 0 amide bonds. The number of nitrogen functional groups attached to an aromatic ring is 1. The second-order valence-corrected chi connectivity index (χ2v) is 7.00. The normalized spacial score (nSPS) is 11.2. The molecule has 0 atom stereocenters. The number of thiazole rings is 1. The van der Waals surface area contributed by atoms with Crippen LogP contribution >= 0.6 is 23.6 Å². The second-order valence-electron chi connectivity index (χ2n) is 5.36. The van der Waals surface area contributed by atoms with Gasteiger partial charge in [0.15, 0.2) is 9.78 Å². The van der Waals surface area contributed by atoms with Crippen molar-refractivity contribution in [3.05, 3.63) is 58.0 Å². The Morgan fingerprint density at radius 2 is 1.96 bits per heavy atom. The number of fused-ring (bicyclic) bond motifs is 1. The third kappa shape index (κ3) is 2.36. The summed E-state index contributed by atoms with van der Waals surface area (Å²) in [5.41, 5.74) is 10.5. The molecule has 114 valence electrons. The Hall–Kier alpha value is -2.44. The van der Waals surface area contributed by atoms with Crippen molar-refractivity contribution >= 4 is 40.4 Å². The van der Waals surface area contributed by atoms with E-state index in [4.69, 9.17) is 18.0 Å². The largest absolute Gasteiger partial charge is 0.383 e. The summed E-state index contributed by atoms with van der Waals surface area (Å²) in [7, 11) is 0. The molecule has 0 saturated carbocycles. The van der Waals surface area contributed by atoms with Crippen molar-refractivity contribution in [1.29, 1.82) is 0 Å². The molecule has 0 radical (unpaired) electrons. The average molecular weight is 338 g/mol. The Morgan fingerprint density at radius 1 is 1.17 bits per heavy atom. The quantitative estimate of drug-likeness (QED) is 0.521. The van der Waals surface area contributed by atoms with Crippen molar-refractivity contribution in [2.45, 2.75) is 6.92 Å². The zero-order valence-electron chi connectivity index (χ0n) is 12.4. The van der Waals surface area contributed by atoms with E-state index in [-0.39, 0.29) is 0 Å². The summed E-state index contributed by atoms with van der Waals surface area (Å²) < 4.78 is 2.59. The molecule has 0 aliphatic heterocycles. The van der Waals surface area contributed by atoms with Crippen LogP contribution in [0.3, 0.4) is 0 Å². The first-order chi connectivity index (χ1) is 11.1. The number of rotatable bonds is 2. The lowest BCUT2D eigenvalue weighted by atomic mass is 10.2. The fourth-order valence-electron chi connectivity index (χ4n) is 2.61. The minimum Gasteiger partial charge on any atom is -0.383 e. The number of aromatic nitrogens is 3. The van der Waals surface area contributed by atoms with Gasteiger partial charge in [-0.1, -0.05) is 35.6 Å². The molecule has 2 heterocycles. The number of hydrogen-bond acceptors (Lipinski definition) is 4. The van der Waals surface area contributed by atoms with E-state index in [9.17, 15) is 0 Å². The Morgan fingerprint density at radius 3 is 2.74 bits per heavy atom. The lowest BCUT2D eigenvalue weighted by Gasteiger charge is -2.05. The van der Waals surface area contributed by atoms with Crippen molar-refractivity contribution in [1.82, 2.24) is 14.5 Å². The lowest BCUT2D eigenvalue weighted by molar-refractivity contribution is 1.08. The summed E-state index contributed by atoms with van der Waals surface area (Å²) in [4.78, 5) is 8.86. The molecule has 0 saturated heterocycles. The molecular weight excluding hydrogens is 324 g/mol. The minimum atomic E-state index is 0.613. The standard InChI is InChI=1S/C17H14N4S2/c1-10-7-8-12-13(9-10)20-16(19-12)14-15(18)21(17(22)23-14)11-5-3-2-4-6-11/h2-9H,18H2,1H3,(H,19,20). The highest BCUT2D eigenvalue weighted by Gasteiger charge is 2.16. The Labute approximate surface area is 142 Å². The summed E-state index contributed by atoms with van der Waals surface area (Å²) in [5.74, 6) is 1.37. The van der Waals surface area contributed by atoms with Crippen LogP contribution in [-0.2, 0) is 0 Å². The number of nitrogens with two attached hydrogens (primary N) is 1. The maximum atomic E-state index is 6.37. The van der Waals surface area contributed by atoms with Gasteiger partial charge in [0.25, 0.3) is 0 Å². The fourth-order valence-corrected chi connectivity index (χ4v) is 3.92. The SMILES string of the molecule is Cc1ccc2nc(-c3sc(=S)n(-c4ccccc4)c3N)[nH]c2c1. The number of imidazole rings is 1. The number of hydrogen-bond donors (Lipinski definition) is 2. The molecule has 0 bridgehead atoms. The van der Waals surface area contributed by atoms with Gasteiger partial charge in [-0.3, -0.25) is 4.57 Å². The maximum absolute atomic E-state index is 6.37. The summed E-state index contributed by atoms with van der Waals surface area (Å²) in [6.07, 6.45) is 0. The zero-order valence-corrected chi connectivity index (χ0v) is 14.0. The monoisotopic (exact) mass is 338 g/mol. The highest BCUT2D eigenvalue weighted by Crippen LogP contribution is 2.34. The molecule has 0 aliphatic carbocycles. The van der Waals surface area contributed by atoms with Crippen LogP contribution in [0.4, 0.5) is 5.82 Å². The van der Waals surface area contributed by atoms with Crippen LogP contribution < -0.4 is 5.73 Å². The molecule has 2 aromatic heterocycles. The molecular formula is C17H14N4S2. The van der Waals surface area contributed by atoms with Crippen molar-refractivity contribution in [3.63, 3.8) is 0 Å². The van der Waals surface area contributed by atoms with Crippen molar-refractivity contribution in [3.8, 4) is 16.4 Å². The van der Waals surface area contributed by atoms with Crippen LogP contribution in [0.15, 0.2) is 48.5 Å².